The SMILES string of the molecule is CS(=O)(=O)OCCCOc1cc2c(Nc3ccc(F)c(Cl)c3)ncnc2cc1OCC1CC1. The highest BCUT2D eigenvalue weighted by atomic mass is 35.5. The topological polar surface area (TPSA) is 99.6 Å². The summed E-state index contributed by atoms with van der Waals surface area (Å²) in [7, 11) is -3.50. The minimum absolute atomic E-state index is 0.00513. The molecule has 0 bridgehead atoms. The molecule has 1 fully saturated rings. The van der Waals surface area contributed by atoms with E-state index in [1.807, 2.05) is 0 Å². The molecular weight excluding hydrogens is 473 g/mol. The molecule has 176 valence electrons. The highest BCUT2D eigenvalue weighted by molar-refractivity contribution is 7.85. The van der Waals surface area contributed by atoms with E-state index in [4.69, 9.17) is 25.3 Å². The third kappa shape index (κ3) is 6.66. The van der Waals surface area contributed by atoms with Crippen molar-refractivity contribution in [3.63, 3.8) is 0 Å². The van der Waals surface area contributed by atoms with E-state index >= 15 is 0 Å². The van der Waals surface area contributed by atoms with Crippen LogP contribution in [0.25, 0.3) is 10.9 Å². The second-order valence-corrected chi connectivity index (χ2v) is 9.83. The fourth-order valence-electron chi connectivity index (χ4n) is 3.04. The van der Waals surface area contributed by atoms with Gasteiger partial charge < -0.3 is 14.8 Å². The molecule has 0 spiro atoms. The van der Waals surface area contributed by atoms with Gasteiger partial charge in [-0.1, -0.05) is 11.6 Å². The fourth-order valence-corrected chi connectivity index (χ4v) is 3.64. The average molecular weight is 496 g/mol. The van der Waals surface area contributed by atoms with Gasteiger partial charge in [0.1, 0.15) is 18.0 Å². The largest absolute Gasteiger partial charge is 0.490 e. The number of benzene rings is 2. The van der Waals surface area contributed by atoms with Gasteiger partial charge >= 0.3 is 0 Å². The zero-order chi connectivity index (χ0) is 23.4. The number of nitrogens with one attached hydrogen (secondary N) is 1. The Kier molecular flexibility index (Phi) is 7.16. The molecule has 33 heavy (non-hydrogen) atoms. The average Bonchev–Trinajstić information content (AvgIpc) is 3.58. The zero-order valence-electron chi connectivity index (χ0n) is 17.9. The lowest BCUT2D eigenvalue weighted by atomic mass is 10.2. The highest BCUT2D eigenvalue weighted by Crippen LogP contribution is 2.37. The third-order valence-corrected chi connectivity index (χ3v) is 5.78. The molecule has 0 aliphatic heterocycles. The van der Waals surface area contributed by atoms with Crippen molar-refractivity contribution in [1.29, 1.82) is 0 Å². The van der Waals surface area contributed by atoms with E-state index in [-0.39, 0.29) is 18.2 Å². The van der Waals surface area contributed by atoms with Gasteiger partial charge in [0.25, 0.3) is 10.1 Å². The molecule has 1 heterocycles. The Labute approximate surface area is 196 Å². The van der Waals surface area contributed by atoms with Crippen LogP contribution in [-0.2, 0) is 14.3 Å². The lowest BCUT2D eigenvalue weighted by Gasteiger charge is -2.15. The molecule has 1 saturated carbocycles. The summed E-state index contributed by atoms with van der Waals surface area (Å²) in [5, 5.41) is 3.79. The summed E-state index contributed by atoms with van der Waals surface area (Å²) in [5.74, 6) is 1.55. The van der Waals surface area contributed by atoms with Crippen LogP contribution in [0.4, 0.5) is 15.9 Å². The first-order valence-corrected chi connectivity index (χ1v) is 12.6. The molecular formula is C22H23ClFN3O5S. The normalized spacial score (nSPS) is 13.8. The van der Waals surface area contributed by atoms with Crippen LogP contribution in [0.15, 0.2) is 36.7 Å². The van der Waals surface area contributed by atoms with Gasteiger partial charge in [0.15, 0.2) is 11.5 Å². The predicted molar refractivity (Wildman–Crippen MR) is 123 cm³/mol. The summed E-state index contributed by atoms with van der Waals surface area (Å²) in [6.07, 6.45) is 5.08. The Morgan fingerprint density at radius 1 is 1.12 bits per heavy atom. The van der Waals surface area contributed by atoms with E-state index < -0.39 is 15.9 Å². The van der Waals surface area contributed by atoms with Crippen LogP contribution in [0.3, 0.4) is 0 Å². The van der Waals surface area contributed by atoms with Gasteiger partial charge in [0.05, 0.1) is 36.6 Å². The number of aromatic nitrogens is 2. The van der Waals surface area contributed by atoms with Crippen molar-refractivity contribution in [1.82, 2.24) is 9.97 Å². The van der Waals surface area contributed by atoms with E-state index in [1.165, 1.54) is 18.5 Å². The van der Waals surface area contributed by atoms with Gasteiger partial charge in [-0.3, -0.25) is 4.18 Å². The smallest absolute Gasteiger partial charge is 0.264 e. The van der Waals surface area contributed by atoms with Crippen LogP contribution in [0, 0.1) is 11.7 Å². The minimum atomic E-state index is -3.50. The van der Waals surface area contributed by atoms with Crippen LogP contribution < -0.4 is 14.8 Å². The lowest BCUT2D eigenvalue weighted by Crippen LogP contribution is -2.09. The van der Waals surface area contributed by atoms with Crippen molar-refractivity contribution in [2.75, 3.05) is 31.4 Å². The molecule has 1 N–H and O–H groups in total. The summed E-state index contributed by atoms with van der Waals surface area (Å²) in [6.45, 7) is 0.833. The molecule has 11 heteroatoms. The number of nitrogens with zero attached hydrogens (tertiary/aromatic N) is 2. The fraction of sp³-hybridized carbons (Fsp3) is 0.364. The van der Waals surface area contributed by atoms with Gasteiger partial charge in [0.2, 0.25) is 0 Å². The Balaban J connectivity index is 1.57. The zero-order valence-corrected chi connectivity index (χ0v) is 19.5. The van der Waals surface area contributed by atoms with Crippen LogP contribution in [0.2, 0.25) is 5.02 Å². The molecule has 0 amide bonds. The third-order valence-electron chi connectivity index (χ3n) is 4.90. The van der Waals surface area contributed by atoms with Crippen molar-refractivity contribution < 1.29 is 26.5 Å². The van der Waals surface area contributed by atoms with Gasteiger partial charge in [-0.05, 0) is 43.0 Å². The first kappa shape index (κ1) is 23.5. The van der Waals surface area contributed by atoms with E-state index in [9.17, 15) is 12.8 Å². The summed E-state index contributed by atoms with van der Waals surface area (Å²) in [4.78, 5) is 8.64. The molecule has 0 unspecified atom stereocenters. The van der Waals surface area contributed by atoms with Crippen LogP contribution in [0.5, 0.6) is 11.5 Å². The number of fused-ring (bicyclic) bond motifs is 1. The van der Waals surface area contributed by atoms with Crippen molar-refractivity contribution in [2.45, 2.75) is 19.3 Å². The van der Waals surface area contributed by atoms with Crippen LogP contribution in [0.1, 0.15) is 19.3 Å². The number of ether oxygens (including phenoxy) is 2. The number of hydrogen-bond acceptors (Lipinski definition) is 8. The number of halogens is 2. The van der Waals surface area contributed by atoms with E-state index in [0.717, 1.165) is 19.1 Å². The quantitative estimate of drug-likeness (QED) is 0.302. The van der Waals surface area contributed by atoms with Gasteiger partial charge in [-0.15, -0.1) is 0 Å². The molecule has 2 aromatic carbocycles. The first-order chi connectivity index (χ1) is 15.8. The summed E-state index contributed by atoms with van der Waals surface area (Å²) in [5.41, 5.74) is 1.20. The predicted octanol–water partition coefficient (Wildman–Crippen LogP) is 4.70. The standard InChI is InChI=1S/C22H23ClFN3O5S/c1-33(28,29)32-8-2-7-30-20-10-16-19(11-21(20)31-12-14-3-4-14)25-13-26-22(16)27-15-5-6-18(24)17(23)9-15/h5-6,9-11,13-14H,2-4,7-8,12H2,1H3,(H,25,26,27). The van der Waals surface area contributed by atoms with Crippen molar-refractivity contribution in [2.24, 2.45) is 5.92 Å². The van der Waals surface area contributed by atoms with Crippen LogP contribution in [-0.4, -0.2) is 44.5 Å². The van der Waals surface area contributed by atoms with Crippen molar-refractivity contribution in [3.05, 3.63) is 47.5 Å². The molecule has 4 rings (SSSR count). The molecule has 0 radical (unpaired) electrons. The summed E-state index contributed by atoms with van der Waals surface area (Å²) in [6, 6.07) is 7.84. The van der Waals surface area contributed by atoms with Crippen LogP contribution >= 0.6 is 11.6 Å². The second kappa shape index (κ2) is 10.1. The molecule has 1 aliphatic carbocycles. The number of anilines is 2. The molecule has 1 aliphatic rings. The molecule has 3 aromatic rings. The van der Waals surface area contributed by atoms with E-state index in [2.05, 4.69) is 15.3 Å². The molecule has 0 atom stereocenters. The van der Waals surface area contributed by atoms with Gasteiger partial charge in [-0.25, -0.2) is 14.4 Å². The lowest BCUT2D eigenvalue weighted by molar-refractivity contribution is 0.234. The summed E-state index contributed by atoms with van der Waals surface area (Å²) >= 11 is 5.89. The highest BCUT2D eigenvalue weighted by Gasteiger charge is 2.23. The first-order valence-electron chi connectivity index (χ1n) is 10.4. The minimum Gasteiger partial charge on any atom is -0.490 e. The molecule has 0 saturated heterocycles. The summed E-state index contributed by atoms with van der Waals surface area (Å²) < 4.78 is 52.4. The maximum Gasteiger partial charge on any atom is 0.264 e. The monoisotopic (exact) mass is 495 g/mol. The van der Waals surface area contributed by atoms with Crippen molar-refractivity contribution in [3.8, 4) is 11.5 Å². The van der Waals surface area contributed by atoms with Gasteiger partial charge in [-0.2, -0.15) is 8.42 Å². The number of rotatable bonds is 11. The second-order valence-electron chi connectivity index (χ2n) is 7.77. The maximum atomic E-state index is 13.5. The Morgan fingerprint density at radius 2 is 1.91 bits per heavy atom. The Hall–Kier alpha value is -2.69. The van der Waals surface area contributed by atoms with Crippen molar-refractivity contribution >= 4 is 44.1 Å². The maximum absolute atomic E-state index is 13.5. The number of hydrogen-bond donors (Lipinski definition) is 1. The van der Waals surface area contributed by atoms with E-state index in [1.54, 1.807) is 18.2 Å². The molecule has 8 nitrogen and oxygen atoms in total. The van der Waals surface area contributed by atoms with E-state index in [0.29, 0.717) is 52.9 Å². The Bertz CT molecular complexity index is 1250. The van der Waals surface area contributed by atoms with Gasteiger partial charge in [0, 0.05) is 23.6 Å². The molecule has 1 aromatic heterocycles. The Morgan fingerprint density at radius 3 is 2.64 bits per heavy atom.